The normalized spacial score (nSPS) is 36.8. The predicted molar refractivity (Wildman–Crippen MR) is 43.2 cm³/mol. The molecule has 1 saturated carbocycles. The minimum Gasteiger partial charge on any atom is -0.412 e. The van der Waals surface area contributed by atoms with Crippen molar-refractivity contribution in [2.75, 3.05) is 0 Å². The maximum atomic E-state index is 12.8. The maximum Gasteiger partial charge on any atom is 0.103 e. The molecule has 0 aromatic heterocycles. The minimum atomic E-state index is -0.520. The molecule has 0 bridgehead atoms. The van der Waals surface area contributed by atoms with Gasteiger partial charge in [-0.15, -0.1) is 0 Å². The van der Waals surface area contributed by atoms with Gasteiger partial charge in [0.2, 0.25) is 0 Å². The molecule has 1 nitrogen and oxygen atoms in total. The van der Waals surface area contributed by atoms with Crippen LogP contribution in [0.25, 0.3) is 0 Å². The van der Waals surface area contributed by atoms with Crippen LogP contribution >= 0.6 is 0 Å². The summed E-state index contributed by atoms with van der Waals surface area (Å²) in [6, 6.07) is 0. The SMILES string of the molecule is CC1CCC(C)C(F)C1.F.O. The van der Waals surface area contributed by atoms with Gasteiger partial charge in [-0.25, -0.2) is 4.39 Å². The van der Waals surface area contributed by atoms with E-state index in [0.717, 1.165) is 12.8 Å². The van der Waals surface area contributed by atoms with Crippen molar-refractivity contribution in [3.63, 3.8) is 0 Å². The van der Waals surface area contributed by atoms with Crippen molar-refractivity contribution in [2.24, 2.45) is 11.8 Å². The predicted octanol–water partition coefficient (Wildman–Crippen LogP) is 2.11. The first-order chi connectivity index (χ1) is 4.20. The third kappa shape index (κ3) is 3.65. The van der Waals surface area contributed by atoms with E-state index in [1.165, 1.54) is 6.42 Å². The van der Waals surface area contributed by atoms with E-state index in [4.69, 9.17) is 0 Å². The Balaban J connectivity index is 0. The van der Waals surface area contributed by atoms with Gasteiger partial charge < -0.3 is 5.48 Å². The highest BCUT2D eigenvalue weighted by molar-refractivity contribution is 4.74. The Morgan fingerprint density at radius 1 is 1.18 bits per heavy atom. The summed E-state index contributed by atoms with van der Waals surface area (Å²) in [5.41, 5.74) is 0. The van der Waals surface area contributed by atoms with Crippen LogP contribution in [0.3, 0.4) is 0 Å². The first-order valence-corrected chi connectivity index (χ1v) is 3.84. The molecule has 3 heteroatoms. The van der Waals surface area contributed by atoms with Gasteiger partial charge >= 0.3 is 0 Å². The van der Waals surface area contributed by atoms with E-state index < -0.39 is 6.17 Å². The van der Waals surface area contributed by atoms with Gasteiger partial charge in [0.05, 0.1) is 0 Å². The summed E-state index contributed by atoms with van der Waals surface area (Å²) >= 11 is 0. The van der Waals surface area contributed by atoms with Crippen LogP contribution < -0.4 is 0 Å². The van der Waals surface area contributed by atoms with Gasteiger partial charge in [-0.3, -0.25) is 4.70 Å². The molecule has 0 aromatic carbocycles. The van der Waals surface area contributed by atoms with Crippen molar-refractivity contribution in [1.29, 1.82) is 0 Å². The minimum absolute atomic E-state index is 0. The molecule has 0 spiro atoms. The van der Waals surface area contributed by atoms with Crippen molar-refractivity contribution < 1.29 is 14.6 Å². The van der Waals surface area contributed by atoms with Gasteiger partial charge in [-0.05, 0) is 24.7 Å². The van der Waals surface area contributed by atoms with E-state index in [1.807, 2.05) is 6.92 Å². The fourth-order valence-corrected chi connectivity index (χ4v) is 1.46. The summed E-state index contributed by atoms with van der Waals surface area (Å²) in [5, 5.41) is 0. The Hall–Kier alpha value is -0.180. The second kappa shape index (κ2) is 5.47. The van der Waals surface area contributed by atoms with Gasteiger partial charge in [0, 0.05) is 0 Å². The van der Waals surface area contributed by atoms with Crippen LogP contribution in [0.15, 0.2) is 0 Å². The Bertz CT molecular complexity index is 98.1. The average Bonchev–Trinajstić information content (AvgIpc) is 1.80. The van der Waals surface area contributed by atoms with Crippen molar-refractivity contribution in [3.05, 3.63) is 0 Å². The highest BCUT2D eigenvalue weighted by Gasteiger charge is 2.24. The van der Waals surface area contributed by atoms with Crippen LogP contribution in [-0.2, 0) is 0 Å². The molecular formula is C8H18F2O. The zero-order valence-electron chi connectivity index (χ0n) is 7.14. The van der Waals surface area contributed by atoms with Crippen LogP contribution in [0.4, 0.5) is 9.09 Å². The molecule has 70 valence electrons. The summed E-state index contributed by atoms with van der Waals surface area (Å²) in [5.74, 6) is 0.942. The summed E-state index contributed by atoms with van der Waals surface area (Å²) in [6.45, 7) is 4.15. The Morgan fingerprint density at radius 3 is 2.09 bits per heavy atom. The molecule has 3 atom stereocenters. The quantitative estimate of drug-likeness (QED) is 0.530. The monoisotopic (exact) mass is 168 g/mol. The van der Waals surface area contributed by atoms with Crippen LogP contribution in [-0.4, -0.2) is 11.6 Å². The zero-order chi connectivity index (χ0) is 6.85. The van der Waals surface area contributed by atoms with Crippen LogP contribution in [0, 0.1) is 11.8 Å². The third-order valence-electron chi connectivity index (χ3n) is 2.36. The fourth-order valence-electron chi connectivity index (χ4n) is 1.46. The second-order valence-corrected chi connectivity index (χ2v) is 3.41. The van der Waals surface area contributed by atoms with E-state index in [2.05, 4.69) is 6.92 Å². The maximum absolute atomic E-state index is 12.8. The van der Waals surface area contributed by atoms with E-state index >= 15 is 0 Å². The van der Waals surface area contributed by atoms with E-state index in [0.29, 0.717) is 11.8 Å². The zero-order valence-corrected chi connectivity index (χ0v) is 7.14. The second-order valence-electron chi connectivity index (χ2n) is 3.41. The van der Waals surface area contributed by atoms with Crippen molar-refractivity contribution >= 4 is 0 Å². The van der Waals surface area contributed by atoms with Gasteiger partial charge in [-0.1, -0.05) is 20.3 Å². The van der Waals surface area contributed by atoms with Crippen LogP contribution in [0.1, 0.15) is 33.1 Å². The molecule has 1 aliphatic rings. The van der Waals surface area contributed by atoms with E-state index in [-0.39, 0.29) is 10.2 Å². The lowest BCUT2D eigenvalue weighted by molar-refractivity contribution is 0.145. The smallest absolute Gasteiger partial charge is 0.103 e. The van der Waals surface area contributed by atoms with Gasteiger partial charge in [0.1, 0.15) is 6.17 Å². The lowest BCUT2D eigenvalue weighted by Crippen LogP contribution is -2.22. The fraction of sp³-hybridized carbons (Fsp3) is 1.00. The van der Waals surface area contributed by atoms with Crippen LogP contribution in [0.2, 0.25) is 0 Å². The van der Waals surface area contributed by atoms with Crippen molar-refractivity contribution in [2.45, 2.75) is 39.3 Å². The molecule has 0 radical (unpaired) electrons. The van der Waals surface area contributed by atoms with Crippen LogP contribution in [0.5, 0.6) is 0 Å². The summed E-state index contributed by atoms with van der Waals surface area (Å²) < 4.78 is 12.8. The average molecular weight is 168 g/mol. The molecule has 2 N–H and O–H groups in total. The molecule has 3 unspecified atom stereocenters. The largest absolute Gasteiger partial charge is 0.412 e. The first kappa shape index (κ1) is 13.4. The van der Waals surface area contributed by atoms with Crippen molar-refractivity contribution in [3.8, 4) is 0 Å². The summed E-state index contributed by atoms with van der Waals surface area (Å²) in [4.78, 5) is 0. The van der Waals surface area contributed by atoms with Crippen molar-refractivity contribution in [1.82, 2.24) is 0 Å². The van der Waals surface area contributed by atoms with Gasteiger partial charge in [-0.2, -0.15) is 0 Å². The Labute approximate surface area is 66.7 Å². The molecule has 0 aliphatic heterocycles. The number of rotatable bonds is 0. The number of alkyl halides is 1. The van der Waals surface area contributed by atoms with E-state index in [1.54, 1.807) is 0 Å². The standard InChI is InChI=1S/C8H15F.FH.H2O/c1-6-3-4-7(2)8(9)5-6;;/h6-8H,3-5H2,1-2H3;1H;1H2. The van der Waals surface area contributed by atoms with Gasteiger partial charge in [0.25, 0.3) is 0 Å². The lowest BCUT2D eigenvalue weighted by Gasteiger charge is -2.26. The molecule has 0 heterocycles. The summed E-state index contributed by atoms with van der Waals surface area (Å²) in [7, 11) is 0. The molecule has 0 aromatic rings. The third-order valence-corrected chi connectivity index (χ3v) is 2.36. The highest BCUT2D eigenvalue weighted by atomic mass is 19.1. The molecule has 1 aliphatic carbocycles. The number of hydrogen-bond acceptors (Lipinski definition) is 0. The molecular weight excluding hydrogens is 150 g/mol. The summed E-state index contributed by atoms with van der Waals surface area (Å²) in [6.07, 6.45) is 2.58. The first-order valence-electron chi connectivity index (χ1n) is 3.84. The molecule has 1 fully saturated rings. The lowest BCUT2D eigenvalue weighted by atomic mass is 9.83. The number of halogens is 2. The molecule has 0 amide bonds. The number of hydrogen-bond donors (Lipinski definition) is 0. The molecule has 11 heavy (non-hydrogen) atoms. The Kier molecular flexibility index (Phi) is 6.67. The topological polar surface area (TPSA) is 31.5 Å². The van der Waals surface area contributed by atoms with Gasteiger partial charge in [0.15, 0.2) is 0 Å². The highest BCUT2D eigenvalue weighted by Crippen LogP contribution is 2.30. The molecule has 0 saturated heterocycles. The Morgan fingerprint density at radius 2 is 1.73 bits per heavy atom. The van der Waals surface area contributed by atoms with E-state index in [9.17, 15) is 4.39 Å². The molecule has 1 rings (SSSR count).